The first-order valence-corrected chi connectivity index (χ1v) is 3.24. The molecule has 1 radical (unpaired) electrons. The van der Waals surface area contributed by atoms with E-state index in [4.69, 9.17) is 5.73 Å². The molecule has 47 valence electrons. The van der Waals surface area contributed by atoms with Crippen molar-refractivity contribution in [3.63, 3.8) is 0 Å². The van der Waals surface area contributed by atoms with Crippen LogP contribution in [0.1, 0.15) is 32.6 Å². The van der Waals surface area contributed by atoms with Crippen LogP contribution in [0, 0.1) is 0 Å². The summed E-state index contributed by atoms with van der Waals surface area (Å²) in [7, 11) is 0. The monoisotopic (exact) mass is 112 g/mol. The fraction of sp³-hybridized carbons (Fsp3) is 0.714. The van der Waals surface area contributed by atoms with Crippen LogP contribution < -0.4 is 5.73 Å². The fourth-order valence-corrected chi connectivity index (χ4v) is 0.596. The van der Waals surface area contributed by atoms with Crippen molar-refractivity contribution in [2.45, 2.75) is 32.6 Å². The number of rotatable bonds is 4. The maximum absolute atomic E-state index is 6.66. The number of allylic oxidation sites excluding steroid dienone is 1. The van der Waals surface area contributed by atoms with Gasteiger partial charge in [-0.15, -0.1) is 0 Å². The summed E-state index contributed by atoms with van der Waals surface area (Å²) in [6.07, 6.45) is 8.16. The van der Waals surface area contributed by atoms with Crippen LogP contribution in [0.3, 0.4) is 0 Å². The summed E-state index contributed by atoms with van der Waals surface area (Å²) >= 11 is 0. The van der Waals surface area contributed by atoms with E-state index in [2.05, 4.69) is 6.92 Å². The van der Waals surface area contributed by atoms with Crippen LogP contribution in [0.2, 0.25) is 0 Å². The van der Waals surface area contributed by atoms with Gasteiger partial charge in [-0.1, -0.05) is 25.8 Å². The molecule has 0 bridgehead atoms. The summed E-state index contributed by atoms with van der Waals surface area (Å²) in [4.78, 5) is 0. The second-order valence-electron chi connectivity index (χ2n) is 1.90. The summed E-state index contributed by atoms with van der Waals surface area (Å²) in [5.41, 5.74) is 6.66. The zero-order valence-corrected chi connectivity index (χ0v) is 5.48. The summed E-state index contributed by atoms with van der Waals surface area (Å²) in [5.74, 6) is 0. The Hall–Kier alpha value is -0.460. The fourth-order valence-electron chi connectivity index (χ4n) is 0.596. The normalized spacial score (nSPS) is 10.6. The average molecular weight is 112 g/mol. The van der Waals surface area contributed by atoms with E-state index >= 15 is 0 Å². The van der Waals surface area contributed by atoms with E-state index in [-0.39, 0.29) is 0 Å². The second kappa shape index (κ2) is 6.54. The molecule has 0 aliphatic carbocycles. The lowest BCUT2D eigenvalue weighted by atomic mass is 10.2. The highest BCUT2D eigenvalue weighted by molar-refractivity contribution is 4.73. The van der Waals surface area contributed by atoms with E-state index in [1.165, 1.54) is 25.5 Å². The molecule has 1 nitrogen and oxygen atoms in total. The first-order chi connectivity index (χ1) is 3.91. The largest absolute Gasteiger partial charge is 0.309 e. The van der Waals surface area contributed by atoms with E-state index in [0.717, 1.165) is 6.42 Å². The molecule has 8 heavy (non-hydrogen) atoms. The highest BCUT2D eigenvalue weighted by atomic mass is 14.5. The lowest BCUT2D eigenvalue weighted by Crippen LogP contribution is -1.69. The first-order valence-electron chi connectivity index (χ1n) is 3.24. The molecule has 0 saturated carbocycles. The Morgan fingerprint density at radius 2 is 2.12 bits per heavy atom. The maximum atomic E-state index is 6.66. The van der Waals surface area contributed by atoms with E-state index in [1.807, 2.05) is 6.08 Å². The smallest absolute Gasteiger partial charge is 0.0137 e. The molecule has 1 N–H and O–H groups in total. The molecule has 1 heteroatoms. The lowest BCUT2D eigenvalue weighted by Gasteiger charge is -1.88. The third-order valence-electron chi connectivity index (χ3n) is 1.09. The minimum Gasteiger partial charge on any atom is -0.309 e. The molecule has 0 aromatic rings. The molecule has 0 unspecified atom stereocenters. The zero-order chi connectivity index (χ0) is 6.24. The number of hydrogen-bond donors (Lipinski definition) is 0. The Balaban J connectivity index is 2.72. The van der Waals surface area contributed by atoms with Crippen LogP contribution >= 0.6 is 0 Å². The topological polar surface area (TPSA) is 23.8 Å². The third kappa shape index (κ3) is 5.54. The summed E-state index contributed by atoms with van der Waals surface area (Å²) < 4.78 is 0. The molecule has 0 saturated heterocycles. The van der Waals surface area contributed by atoms with Crippen molar-refractivity contribution in [1.82, 2.24) is 5.73 Å². The Morgan fingerprint density at radius 3 is 2.62 bits per heavy atom. The van der Waals surface area contributed by atoms with Crippen LogP contribution in [0.5, 0.6) is 0 Å². The second-order valence-corrected chi connectivity index (χ2v) is 1.90. The molecule has 0 spiro atoms. The number of hydrogen-bond acceptors (Lipinski definition) is 0. The Morgan fingerprint density at radius 1 is 1.38 bits per heavy atom. The molecular weight excluding hydrogens is 98.1 g/mol. The van der Waals surface area contributed by atoms with Crippen molar-refractivity contribution in [1.29, 1.82) is 0 Å². The van der Waals surface area contributed by atoms with Gasteiger partial charge >= 0.3 is 0 Å². The minimum absolute atomic E-state index is 1.08. The van der Waals surface area contributed by atoms with Crippen LogP contribution in [0.25, 0.3) is 0 Å². The van der Waals surface area contributed by atoms with Gasteiger partial charge in [0, 0.05) is 6.20 Å². The van der Waals surface area contributed by atoms with Crippen LogP contribution in [0.15, 0.2) is 12.3 Å². The maximum Gasteiger partial charge on any atom is 0.0137 e. The van der Waals surface area contributed by atoms with Gasteiger partial charge in [0.2, 0.25) is 0 Å². The van der Waals surface area contributed by atoms with Crippen molar-refractivity contribution in [2.75, 3.05) is 0 Å². The minimum atomic E-state index is 1.08. The van der Waals surface area contributed by atoms with E-state index in [0.29, 0.717) is 0 Å². The molecular formula is C7H14N. The van der Waals surface area contributed by atoms with Crippen molar-refractivity contribution < 1.29 is 0 Å². The summed E-state index contributed by atoms with van der Waals surface area (Å²) in [5, 5.41) is 0. The van der Waals surface area contributed by atoms with Gasteiger partial charge in [0.1, 0.15) is 0 Å². The average Bonchev–Trinajstić information content (AvgIpc) is 1.81. The predicted octanol–water partition coefficient (Wildman–Crippen LogP) is 2.36. The Bertz CT molecular complexity index is 57.4. The van der Waals surface area contributed by atoms with Gasteiger partial charge in [-0.3, -0.25) is 0 Å². The molecule has 0 aliphatic heterocycles. The molecule has 0 amide bonds. The van der Waals surface area contributed by atoms with Gasteiger partial charge in [0.05, 0.1) is 0 Å². The third-order valence-corrected chi connectivity index (χ3v) is 1.09. The molecule has 0 aromatic heterocycles. The van der Waals surface area contributed by atoms with Crippen molar-refractivity contribution in [3.05, 3.63) is 12.3 Å². The van der Waals surface area contributed by atoms with E-state index < -0.39 is 0 Å². The standard InChI is InChI=1S/C7H14N/c1-2-3-4-5-6-7-8/h6-8H,2-5H2,1H3. The van der Waals surface area contributed by atoms with Gasteiger partial charge in [0.25, 0.3) is 0 Å². The summed E-state index contributed by atoms with van der Waals surface area (Å²) in [6, 6.07) is 0. The molecule has 0 atom stereocenters. The van der Waals surface area contributed by atoms with Crippen LogP contribution in [0.4, 0.5) is 0 Å². The number of nitrogens with one attached hydrogen (secondary N) is 1. The summed E-state index contributed by atoms with van der Waals surface area (Å²) in [6.45, 7) is 2.18. The Labute approximate surface area is 51.6 Å². The van der Waals surface area contributed by atoms with Crippen molar-refractivity contribution in [3.8, 4) is 0 Å². The first kappa shape index (κ1) is 7.54. The van der Waals surface area contributed by atoms with Crippen molar-refractivity contribution >= 4 is 0 Å². The highest BCUT2D eigenvalue weighted by Crippen LogP contribution is 1.98. The van der Waals surface area contributed by atoms with Crippen molar-refractivity contribution in [2.24, 2.45) is 0 Å². The van der Waals surface area contributed by atoms with Gasteiger partial charge in [0.15, 0.2) is 0 Å². The molecule has 0 aliphatic rings. The van der Waals surface area contributed by atoms with Crippen LogP contribution in [-0.2, 0) is 0 Å². The SMILES string of the molecule is CCCCCC=C[NH]. The molecule has 0 heterocycles. The lowest BCUT2D eigenvalue weighted by molar-refractivity contribution is 0.728. The molecule has 0 aromatic carbocycles. The van der Waals surface area contributed by atoms with E-state index in [1.54, 1.807) is 0 Å². The van der Waals surface area contributed by atoms with Crippen LogP contribution in [-0.4, -0.2) is 0 Å². The zero-order valence-electron chi connectivity index (χ0n) is 5.48. The van der Waals surface area contributed by atoms with Gasteiger partial charge in [-0.25, -0.2) is 0 Å². The molecule has 0 fully saturated rings. The van der Waals surface area contributed by atoms with E-state index in [9.17, 15) is 0 Å². The molecule has 0 rings (SSSR count). The number of unbranched alkanes of at least 4 members (excludes halogenated alkanes) is 3. The van der Waals surface area contributed by atoms with Gasteiger partial charge in [-0.2, -0.15) is 0 Å². The Kier molecular flexibility index (Phi) is 6.16. The highest BCUT2D eigenvalue weighted by Gasteiger charge is 1.78. The van der Waals surface area contributed by atoms with Gasteiger partial charge < -0.3 is 5.73 Å². The predicted molar refractivity (Wildman–Crippen MR) is 36.4 cm³/mol. The van der Waals surface area contributed by atoms with Gasteiger partial charge in [-0.05, 0) is 12.8 Å². The quantitative estimate of drug-likeness (QED) is 0.498.